The largest absolute Gasteiger partial charge is 1.00 e. The van der Waals surface area contributed by atoms with Crippen LogP contribution in [-0.2, 0) is 4.74 Å². The monoisotopic (exact) mass is 294 g/mol. The van der Waals surface area contributed by atoms with Crippen molar-refractivity contribution in [1.29, 1.82) is 0 Å². The van der Waals surface area contributed by atoms with E-state index >= 15 is 0 Å². The molecule has 1 aromatic rings. The Balaban J connectivity index is 0.00000200. The molecule has 1 saturated heterocycles. The minimum Gasteiger partial charge on any atom is -1.00 e. The molecule has 0 unspecified atom stereocenters. The number of aliphatic hydroxyl groups is 3. The number of carboxylic acid groups (broad SMARTS) is 1. The normalized spacial score (nSPS) is 29.4. The van der Waals surface area contributed by atoms with Crippen LogP contribution in [0.25, 0.3) is 0 Å². The fourth-order valence-corrected chi connectivity index (χ4v) is 1.69. The molecule has 1 fully saturated rings. The molecule has 0 aliphatic carbocycles. The summed E-state index contributed by atoms with van der Waals surface area (Å²) in [6.07, 6.45) is -5.02. The number of rotatable bonds is 3. The van der Waals surface area contributed by atoms with Crippen molar-refractivity contribution in [1.82, 2.24) is 0 Å². The summed E-state index contributed by atoms with van der Waals surface area (Å²) in [6, 6.07) is 5.52. The quantitative estimate of drug-likeness (QED) is 0.424. The Kier molecular flexibility index (Phi) is 6.41. The van der Waals surface area contributed by atoms with Gasteiger partial charge in [-0.3, -0.25) is 0 Å². The Labute approximate surface area is 138 Å². The molecule has 2 rings (SSSR count). The van der Waals surface area contributed by atoms with Crippen molar-refractivity contribution >= 4 is 5.97 Å². The first-order chi connectivity index (χ1) is 8.99. The first-order valence-electron chi connectivity index (χ1n) is 5.65. The summed E-state index contributed by atoms with van der Waals surface area (Å²) in [7, 11) is 0. The standard InChI is InChI=1S/C12H14O7.Na.H/c13-8-5-18-12(10(15)9(8)14)19-7-3-1-6(2-4-7)11(16)17;;/h1-4,8-10,12-15H,5H2,(H,16,17);;/q;+1;-1/t8-,9+,10-,12-;;/m1../s1. The molecule has 0 radical (unpaired) electrons. The van der Waals surface area contributed by atoms with Gasteiger partial charge in [-0.25, -0.2) is 4.79 Å². The van der Waals surface area contributed by atoms with E-state index in [1.165, 1.54) is 24.3 Å². The maximum Gasteiger partial charge on any atom is 1.00 e. The predicted molar refractivity (Wildman–Crippen MR) is 62.9 cm³/mol. The molecule has 0 saturated carbocycles. The van der Waals surface area contributed by atoms with E-state index in [4.69, 9.17) is 14.6 Å². The van der Waals surface area contributed by atoms with E-state index in [1.807, 2.05) is 0 Å². The van der Waals surface area contributed by atoms with Crippen LogP contribution in [0.1, 0.15) is 11.8 Å². The molecule has 20 heavy (non-hydrogen) atoms. The van der Waals surface area contributed by atoms with E-state index < -0.39 is 30.6 Å². The van der Waals surface area contributed by atoms with Gasteiger partial charge in [0.05, 0.1) is 12.2 Å². The van der Waals surface area contributed by atoms with Crippen LogP contribution >= 0.6 is 0 Å². The Bertz CT molecular complexity index is 455. The maximum absolute atomic E-state index is 10.7. The van der Waals surface area contributed by atoms with Crippen LogP contribution in [-0.4, -0.2) is 57.6 Å². The average Bonchev–Trinajstić information content (AvgIpc) is 2.40. The third kappa shape index (κ3) is 3.92. The van der Waals surface area contributed by atoms with Crippen molar-refractivity contribution in [2.75, 3.05) is 6.61 Å². The molecule has 1 heterocycles. The summed E-state index contributed by atoms with van der Waals surface area (Å²) in [5.74, 6) is -0.767. The average molecular weight is 294 g/mol. The fraction of sp³-hybridized carbons (Fsp3) is 0.417. The third-order valence-corrected chi connectivity index (χ3v) is 2.81. The van der Waals surface area contributed by atoms with Crippen molar-refractivity contribution < 1.29 is 65.7 Å². The summed E-state index contributed by atoms with van der Waals surface area (Å²) in [5, 5.41) is 37.1. The molecule has 1 aromatic carbocycles. The number of aliphatic hydroxyl groups excluding tert-OH is 3. The molecule has 4 N–H and O–H groups in total. The number of aromatic carboxylic acids is 1. The number of benzene rings is 1. The van der Waals surface area contributed by atoms with Crippen molar-refractivity contribution in [2.24, 2.45) is 0 Å². The van der Waals surface area contributed by atoms with Crippen LogP contribution in [0, 0.1) is 0 Å². The number of carbonyl (C=O) groups is 1. The van der Waals surface area contributed by atoms with Crippen LogP contribution in [0.5, 0.6) is 5.75 Å². The summed E-state index contributed by atoms with van der Waals surface area (Å²) < 4.78 is 10.3. The molecule has 8 heteroatoms. The zero-order valence-electron chi connectivity index (χ0n) is 11.8. The Morgan fingerprint density at radius 3 is 2.35 bits per heavy atom. The van der Waals surface area contributed by atoms with E-state index in [-0.39, 0.29) is 48.9 Å². The Morgan fingerprint density at radius 2 is 1.80 bits per heavy atom. The zero-order chi connectivity index (χ0) is 14.0. The minimum atomic E-state index is -1.39. The molecular formula is C12H15NaO7. The van der Waals surface area contributed by atoms with Crippen LogP contribution in [0.2, 0.25) is 0 Å². The molecule has 1 aliphatic heterocycles. The van der Waals surface area contributed by atoms with Gasteiger partial charge < -0.3 is 31.3 Å². The minimum absolute atomic E-state index is 0. The van der Waals surface area contributed by atoms with E-state index in [9.17, 15) is 20.1 Å². The number of hydrogen-bond acceptors (Lipinski definition) is 6. The van der Waals surface area contributed by atoms with Crippen molar-refractivity contribution in [2.45, 2.75) is 24.6 Å². The summed E-state index contributed by atoms with van der Waals surface area (Å²) >= 11 is 0. The fourth-order valence-electron chi connectivity index (χ4n) is 1.69. The predicted octanol–water partition coefficient (Wildman–Crippen LogP) is -3.68. The van der Waals surface area contributed by atoms with Gasteiger partial charge in [-0.2, -0.15) is 0 Å². The van der Waals surface area contributed by atoms with Gasteiger partial charge in [-0.15, -0.1) is 0 Å². The van der Waals surface area contributed by atoms with Gasteiger partial charge in [0.25, 0.3) is 0 Å². The third-order valence-electron chi connectivity index (χ3n) is 2.81. The SMILES string of the molecule is O=C(O)c1ccc(O[C@H]2OC[C@@H](O)[C@H](O)[C@H]2O)cc1.[H-].[Na+]. The molecular weight excluding hydrogens is 279 g/mol. The maximum atomic E-state index is 10.7. The summed E-state index contributed by atoms with van der Waals surface area (Å²) in [5.41, 5.74) is 0.105. The molecule has 106 valence electrons. The van der Waals surface area contributed by atoms with E-state index in [0.29, 0.717) is 0 Å². The van der Waals surface area contributed by atoms with Gasteiger partial charge in [0.1, 0.15) is 24.1 Å². The van der Waals surface area contributed by atoms with Gasteiger partial charge in [-0.1, -0.05) is 0 Å². The van der Waals surface area contributed by atoms with Crippen LogP contribution in [0.4, 0.5) is 0 Å². The van der Waals surface area contributed by atoms with E-state index in [0.717, 1.165) is 0 Å². The zero-order valence-corrected chi connectivity index (χ0v) is 12.8. The number of carboxylic acids is 1. The summed E-state index contributed by atoms with van der Waals surface area (Å²) in [4.78, 5) is 10.7. The first-order valence-corrected chi connectivity index (χ1v) is 5.65. The summed E-state index contributed by atoms with van der Waals surface area (Å²) in [6.45, 7) is -0.157. The second-order valence-corrected chi connectivity index (χ2v) is 4.20. The van der Waals surface area contributed by atoms with Gasteiger partial charge >= 0.3 is 35.5 Å². The van der Waals surface area contributed by atoms with Crippen LogP contribution in [0.3, 0.4) is 0 Å². The number of ether oxygens (including phenoxy) is 2. The van der Waals surface area contributed by atoms with Gasteiger partial charge in [-0.05, 0) is 24.3 Å². The van der Waals surface area contributed by atoms with Gasteiger partial charge in [0.15, 0.2) is 0 Å². The molecule has 0 amide bonds. The smallest absolute Gasteiger partial charge is 1.00 e. The second-order valence-electron chi connectivity index (χ2n) is 4.20. The van der Waals surface area contributed by atoms with Gasteiger partial charge in [0, 0.05) is 0 Å². The Hall–Kier alpha value is -0.670. The number of hydrogen-bond donors (Lipinski definition) is 4. The molecule has 4 atom stereocenters. The van der Waals surface area contributed by atoms with Crippen LogP contribution in [0.15, 0.2) is 24.3 Å². The van der Waals surface area contributed by atoms with Crippen molar-refractivity contribution in [3.8, 4) is 5.75 Å². The molecule has 0 bridgehead atoms. The second kappa shape index (κ2) is 7.37. The van der Waals surface area contributed by atoms with E-state index in [1.54, 1.807) is 0 Å². The van der Waals surface area contributed by atoms with Crippen molar-refractivity contribution in [3.63, 3.8) is 0 Å². The topological polar surface area (TPSA) is 116 Å². The first kappa shape index (κ1) is 17.4. The van der Waals surface area contributed by atoms with Crippen LogP contribution < -0.4 is 34.3 Å². The Morgan fingerprint density at radius 1 is 1.20 bits per heavy atom. The molecule has 7 nitrogen and oxygen atoms in total. The van der Waals surface area contributed by atoms with E-state index in [2.05, 4.69) is 0 Å². The molecule has 0 aromatic heterocycles. The molecule has 0 spiro atoms. The van der Waals surface area contributed by atoms with Gasteiger partial charge in [0.2, 0.25) is 6.29 Å². The molecule has 1 aliphatic rings. The van der Waals surface area contributed by atoms with Crippen molar-refractivity contribution in [3.05, 3.63) is 29.8 Å².